The van der Waals surface area contributed by atoms with Gasteiger partial charge in [-0.2, -0.15) is 0 Å². The first-order valence-electron chi connectivity index (χ1n) is 10.8. The highest BCUT2D eigenvalue weighted by Gasteiger charge is 2.54. The highest BCUT2D eigenvalue weighted by molar-refractivity contribution is 5.84. The summed E-state index contributed by atoms with van der Waals surface area (Å²) in [5, 5.41) is 11.2. The molecule has 1 heterocycles. The summed E-state index contributed by atoms with van der Waals surface area (Å²) in [5.41, 5.74) is -0.255. The SMILES string of the molecule is CCCCCCC[C@H]1C(=O)C[C@H]2O[C@@](O)(C(C)(C)CCCC)CC[C@@H]21. The molecule has 2 aliphatic rings. The summed E-state index contributed by atoms with van der Waals surface area (Å²) in [6.07, 6.45) is 12.5. The number of unbranched alkanes of at least 4 members (excludes halogenated alkanes) is 5. The Morgan fingerprint density at radius 2 is 1.80 bits per heavy atom. The van der Waals surface area contributed by atoms with Crippen molar-refractivity contribution in [2.24, 2.45) is 17.3 Å². The quantitative estimate of drug-likeness (QED) is 0.518. The average molecular weight is 353 g/mol. The van der Waals surface area contributed by atoms with Crippen LogP contribution in [0.25, 0.3) is 0 Å². The van der Waals surface area contributed by atoms with E-state index in [1.165, 1.54) is 25.7 Å². The van der Waals surface area contributed by atoms with Gasteiger partial charge in [-0.3, -0.25) is 4.79 Å². The van der Waals surface area contributed by atoms with Crippen molar-refractivity contribution in [3.63, 3.8) is 0 Å². The molecule has 0 unspecified atom stereocenters. The maximum absolute atomic E-state index is 12.5. The molecular formula is C22H40O3. The van der Waals surface area contributed by atoms with E-state index in [1.54, 1.807) is 0 Å². The van der Waals surface area contributed by atoms with Gasteiger partial charge in [-0.15, -0.1) is 0 Å². The molecule has 0 aromatic carbocycles. The van der Waals surface area contributed by atoms with Crippen molar-refractivity contribution >= 4 is 5.78 Å². The standard InChI is InChI=1S/C22H40O3/c1-5-7-9-10-11-12-17-18-13-15-22(24,21(3,4)14-8-6-2)25-20(18)16-19(17)23/h17-18,20,24H,5-16H2,1-4H3/t17-,18-,20-,22-/m1/s1. The van der Waals surface area contributed by atoms with Crippen LogP contribution in [0.2, 0.25) is 0 Å². The Morgan fingerprint density at radius 3 is 2.48 bits per heavy atom. The van der Waals surface area contributed by atoms with Crippen molar-refractivity contribution in [2.75, 3.05) is 0 Å². The summed E-state index contributed by atoms with van der Waals surface area (Å²) in [4.78, 5) is 12.5. The second-order valence-corrected chi connectivity index (χ2v) is 9.11. The number of fused-ring (bicyclic) bond motifs is 1. The second kappa shape index (κ2) is 8.99. The van der Waals surface area contributed by atoms with E-state index in [4.69, 9.17) is 4.74 Å². The normalized spacial score (nSPS) is 32.8. The Kier molecular flexibility index (Phi) is 7.52. The minimum absolute atomic E-state index is 0.0622. The van der Waals surface area contributed by atoms with Crippen molar-refractivity contribution in [3.8, 4) is 0 Å². The molecule has 1 N–H and O–H groups in total. The van der Waals surface area contributed by atoms with E-state index in [0.717, 1.165) is 38.5 Å². The fourth-order valence-electron chi connectivity index (χ4n) is 4.84. The molecule has 1 saturated carbocycles. The average Bonchev–Trinajstić information content (AvgIpc) is 2.87. The fourth-order valence-corrected chi connectivity index (χ4v) is 4.84. The van der Waals surface area contributed by atoms with Crippen LogP contribution in [0.15, 0.2) is 0 Å². The van der Waals surface area contributed by atoms with Crippen LogP contribution in [0.5, 0.6) is 0 Å². The zero-order chi connectivity index (χ0) is 18.5. The van der Waals surface area contributed by atoms with Gasteiger partial charge in [-0.25, -0.2) is 0 Å². The maximum Gasteiger partial charge on any atom is 0.170 e. The lowest BCUT2D eigenvalue weighted by Crippen LogP contribution is -2.53. The van der Waals surface area contributed by atoms with Gasteiger partial charge in [-0.05, 0) is 25.2 Å². The number of Topliss-reactive ketones (excluding diaryl/α,β-unsaturated/α-hetero) is 1. The Morgan fingerprint density at radius 1 is 1.12 bits per heavy atom. The van der Waals surface area contributed by atoms with Gasteiger partial charge in [0, 0.05) is 24.2 Å². The molecule has 1 saturated heterocycles. The molecule has 1 aliphatic heterocycles. The lowest BCUT2D eigenvalue weighted by atomic mass is 9.72. The monoisotopic (exact) mass is 352 g/mol. The Labute approximate surface area is 154 Å². The number of ether oxygens (including phenoxy) is 1. The molecule has 1 aliphatic carbocycles. The molecule has 2 fully saturated rings. The van der Waals surface area contributed by atoms with Crippen LogP contribution in [-0.4, -0.2) is 22.8 Å². The number of hydrogen-bond donors (Lipinski definition) is 1. The number of aliphatic hydroxyl groups is 1. The van der Waals surface area contributed by atoms with Crippen LogP contribution >= 0.6 is 0 Å². The summed E-state index contributed by atoms with van der Waals surface area (Å²) in [6.45, 7) is 8.64. The van der Waals surface area contributed by atoms with Crippen molar-refractivity contribution in [1.82, 2.24) is 0 Å². The Bertz CT molecular complexity index is 431. The topological polar surface area (TPSA) is 46.5 Å². The first-order valence-corrected chi connectivity index (χ1v) is 10.8. The van der Waals surface area contributed by atoms with E-state index >= 15 is 0 Å². The van der Waals surface area contributed by atoms with Gasteiger partial charge in [0.05, 0.1) is 6.10 Å². The Hall–Kier alpha value is -0.410. The Balaban J connectivity index is 1.91. The molecule has 3 heteroatoms. The van der Waals surface area contributed by atoms with E-state index in [9.17, 15) is 9.90 Å². The van der Waals surface area contributed by atoms with Crippen LogP contribution in [0.3, 0.4) is 0 Å². The lowest BCUT2D eigenvalue weighted by molar-refractivity contribution is -0.316. The van der Waals surface area contributed by atoms with Gasteiger partial charge in [0.15, 0.2) is 5.79 Å². The number of hydrogen-bond acceptors (Lipinski definition) is 3. The van der Waals surface area contributed by atoms with Crippen LogP contribution in [0.1, 0.15) is 105 Å². The predicted molar refractivity (Wildman–Crippen MR) is 102 cm³/mol. The smallest absolute Gasteiger partial charge is 0.170 e. The van der Waals surface area contributed by atoms with Gasteiger partial charge < -0.3 is 9.84 Å². The molecule has 25 heavy (non-hydrogen) atoms. The third kappa shape index (κ3) is 4.86. The van der Waals surface area contributed by atoms with E-state index in [2.05, 4.69) is 27.7 Å². The van der Waals surface area contributed by atoms with Gasteiger partial charge in [0.2, 0.25) is 0 Å². The summed E-state index contributed by atoms with van der Waals surface area (Å²) < 4.78 is 6.24. The first kappa shape index (κ1) is 20.9. The minimum Gasteiger partial charge on any atom is -0.365 e. The zero-order valence-corrected chi connectivity index (χ0v) is 17.0. The second-order valence-electron chi connectivity index (χ2n) is 9.11. The lowest BCUT2D eigenvalue weighted by Gasteiger charge is -2.48. The predicted octanol–water partition coefficient (Wildman–Crippen LogP) is 5.64. The highest BCUT2D eigenvalue weighted by atomic mass is 16.6. The van der Waals surface area contributed by atoms with Gasteiger partial charge >= 0.3 is 0 Å². The van der Waals surface area contributed by atoms with Gasteiger partial charge in [0.1, 0.15) is 5.78 Å². The number of rotatable bonds is 10. The molecule has 4 atom stereocenters. The van der Waals surface area contributed by atoms with Gasteiger partial charge in [0.25, 0.3) is 0 Å². The molecule has 0 aromatic rings. The van der Waals surface area contributed by atoms with Crippen LogP contribution in [0.4, 0.5) is 0 Å². The summed E-state index contributed by atoms with van der Waals surface area (Å²) in [7, 11) is 0. The van der Waals surface area contributed by atoms with Gasteiger partial charge in [-0.1, -0.05) is 72.6 Å². The summed E-state index contributed by atoms with van der Waals surface area (Å²) >= 11 is 0. The number of carbonyl (C=O) groups is 1. The minimum atomic E-state index is -1.07. The molecule has 0 radical (unpaired) electrons. The summed E-state index contributed by atoms with van der Waals surface area (Å²) in [6, 6.07) is 0. The van der Waals surface area contributed by atoms with Crippen molar-refractivity contribution in [3.05, 3.63) is 0 Å². The van der Waals surface area contributed by atoms with E-state index in [-0.39, 0.29) is 17.4 Å². The molecule has 146 valence electrons. The molecule has 0 spiro atoms. The molecule has 0 aromatic heterocycles. The molecule has 0 bridgehead atoms. The van der Waals surface area contributed by atoms with Crippen LogP contribution in [-0.2, 0) is 9.53 Å². The van der Waals surface area contributed by atoms with Crippen molar-refractivity contribution in [1.29, 1.82) is 0 Å². The first-order chi connectivity index (χ1) is 11.8. The van der Waals surface area contributed by atoms with E-state index in [0.29, 0.717) is 24.5 Å². The molecule has 0 amide bonds. The fraction of sp³-hybridized carbons (Fsp3) is 0.955. The van der Waals surface area contributed by atoms with E-state index < -0.39 is 5.79 Å². The van der Waals surface area contributed by atoms with E-state index in [1.807, 2.05) is 0 Å². The maximum atomic E-state index is 12.5. The third-order valence-electron chi connectivity index (χ3n) is 6.80. The largest absolute Gasteiger partial charge is 0.365 e. The summed E-state index contributed by atoms with van der Waals surface area (Å²) in [5.74, 6) is -0.184. The van der Waals surface area contributed by atoms with Crippen molar-refractivity contribution < 1.29 is 14.6 Å². The number of ketones is 1. The van der Waals surface area contributed by atoms with Crippen LogP contribution < -0.4 is 0 Å². The van der Waals surface area contributed by atoms with Crippen LogP contribution in [0, 0.1) is 17.3 Å². The zero-order valence-electron chi connectivity index (χ0n) is 17.0. The van der Waals surface area contributed by atoms with Crippen molar-refractivity contribution in [2.45, 2.75) is 117 Å². The molecule has 2 rings (SSSR count). The molecular weight excluding hydrogens is 312 g/mol. The molecule has 3 nitrogen and oxygen atoms in total. The highest BCUT2D eigenvalue weighted by Crippen LogP contribution is 2.50. The number of carbonyl (C=O) groups excluding carboxylic acids is 1. The third-order valence-corrected chi connectivity index (χ3v) is 6.80.